The van der Waals surface area contributed by atoms with Crippen LogP contribution in [0.25, 0.3) is 0 Å². The number of aromatic hydroxyl groups is 1. The van der Waals surface area contributed by atoms with E-state index in [1.165, 1.54) is 0 Å². The van der Waals surface area contributed by atoms with Crippen molar-refractivity contribution in [1.82, 2.24) is 14.9 Å². The van der Waals surface area contributed by atoms with Crippen LogP contribution >= 0.6 is 0 Å². The van der Waals surface area contributed by atoms with Crippen molar-refractivity contribution in [3.05, 3.63) is 45.9 Å². The number of hydrogen-bond donors (Lipinski definition) is 2. The fourth-order valence-corrected chi connectivity index (χ4v) is 3.33. The molecule has 3 rings (SSSR count). The number of H-pyrrole nitrogens is 1. The van der Waals surface area contributed by atoms with Gasteiger partial charge in [0, 0.05) is 38.2 Å². The quantitative estimate of drug-likeness (QED) is 0.850. The molecule has 0 spiro atoms. The van der Waals surface area contributed by atoms with Crippen LogP contribution in [0.2, 0.25) is 0 Å². The van der Waals surface area contributed by atoms with Gasteiger partial charge in [-0.2, -0.15) is 0 Å². The number of likely N-dealkylation sites (tertiary alicyclic amines) is 1. The molecule has 2 aromatic rings. The molecule has 1 aromatic carbocycles. The van der Waals surface area contributed by atoms with Gasteiger partial charge in [0.2, 0.25) is 5.95 Å². The zero-order chi connectivity index (χ0) is 18.7. The summed E-state index contributed by atoms with van der Waals surface area (Å²) in [5, 5.41) is 10.1. The highest BCUT2D eigenvalue weighted by atomic mass is 16.5. The lowest BCUT2D eigenvalue weighted by molar-refractivity contribution is 0.201. The number of rotatable bonds is 5. The second kappa shape index (κ2) is 7.78. The molecule has 1 fully saturated rings. The van der Waals surface area contributed by atoms with E-state index in [1.807, 2.05) is 25.1 Å². The summed E-state index contributed by atoms with van der Waals surface area (Å²) in [5.74, 6) is 1.92. The Labute approximate surface area is 153 Å². The van der Waals surface area contributed by atoms with E-state index in [4.69, 9.17) is 4.74 Å². The third kappa shape index (κ3) is 4.16. The summed E-state index contributed by atoms with van der Waals surface area (Å²) in [4.78, 5) is 23.4. The van der Waals surface area contributed by atoms with Gasteiger partial charge in [-0.3, -0.25) is 14.7 Å². The predicted molar refractivity (Wildman–Crippen MR) is 101 cm³/mol. The molecular formula is C19H26N4O3. The summed E-state index contributed by atoms with van der Waals surface area (Å²) in [6.07, 6.45) is 1.88. The van der Waals surface area contributed by atoms with Crippen LogP contribution in [-0.2, 0) is 6.54 Å². The number of aromatic nitrogens is 2. The number of methoxy groups -OCH3 is 1. The normalized spacial score (nSPS) is 15.8. The molecule has 140 valence electrons. The highest BCUT2D eigenvalue weighted by Gasteiger charge is 2.23. The summed E-state index contributed by atoms with van der Waals surface area (Å²) in [5.41, 5.74) is 1.62. The number of aromatic amines is 1. The highest BCUT2D eigenvalue weighted by Crippen LogP contribution is 2.29. The fourth-order valence-electron chi connectivity index (χ4n) is 3.33. The van der Waals surface area contributed by atoms with Crippen molar-refractivity contribution in [3.8, 4) is 11.5 Å². The molecule has 7 heteroatoms. The van der Waals surface area contributed by atoms with Crippen LogP contribution in [0, 0.1) is 0 Å². The lowest BCUT2D eigenvalue weighted by atomic mass is 9.93. The van der Waals surface area contributed by atoms with Crippen LogP contribution < -0.4 is 15.2 Å². The first-order valence-electron chi connectivity index (χ1n) is 8.83. The summed E-state index contributed by atoms with van der Waals surface area (Å²) >= 11 is 0. The topological polar surface area (TPSA) is 81.7 Å². The Hall–Kier alpha value is -2.54. The van der Waals surface area contributed by atoms with Crippen LogP contribution in [0.4, 0.5) is 5.95 Å². The van der Waals surface area contributed by atoms with Gasteiger partial charge in [0.05, 0.1) is 12.8 Å². The van der Waals surface area contributed by atoms with Gasteiger partial charge >= 0.3 is 0 Å². The molecule has 2 N–H and O–H groups in total. The molecule has 0 bridgehead atoms. The lowest BCUT2D eigenvalue weighted by Gasteiger charge is -2.32. The smallest absolute Gasteiger partial charge is 0.252 e. The summed E-state index contributed by atoms with van der Waals surface area (Å²) in [7, 11) is 5.36. The van der Waals surface area contributed by atoms with E-state index >= 15 is 0 Å². The van der Waals surface area contributed by atoms with Gasteiger partial charge in [-0.05, 0) is 44.1 Å². The first-order valence-corrected chi connectivity index (χ1v) is 8.83. The van der Waals surface area contributed by atoms with Gasteiger partial charge in [0.1, 0.15) is 11.5 Å². The number of anilines is 1. The minimum absolute atomic E-state index is 0.109. The molecule has 1 saturated heterocycles. The number of nitrogens with zero attached hydrogens (tertiary/aromatic N) is 3. The molecule has 0 unspecified atom stereocenters. The zero-order valence-electron chi connectivity index (χ0n) is 15.5. The first kappa shape index (κ1) is 18.3. The SMILES string of the molecule is COc1ccc(O)c(CN2CCC(c3cc(=O)[nH]c(N(C)C)n3)CC2)c1. The average Bonchev–Trinajstić information content (AvgIpc) is 2.63. The van der Waals surface area contributed by atoms with E-state index < -0.39 is 0 Å². The number of piperidine rings is 1. The average molecular weight is 358 g/mol. The maximum Gasteiger partial charge on any atom is 0.252 e. The van der Waals surface area contributed by atoms with E-state index in [0.29, 0.717) is 18.2 Å². The van der Waals surface area contributed by atoms with Crippen molar-refractivity contribution in [3.63, 3.8) is 0 Å². The fraction of sp³-hybridized carbons (Fsp3) is 0.474. The number of phenolic OH excluding ortho intramolecular Hbond substituents is 1. The Bertz CT molecular complexity index is 811. The Kier molecular flexibility index (Phi) is 5.46. The third-order valence-electron chi connectivity index (χ3n) is 4.86. The van der Waals surface area contributed by atoms with Gasteiger partial charge in [0.15, 0.2) is 0 Å². The van der Waals surface area contributed by atoms with Crippen molar-refractivity contribution in [2.45, 2.75) is 25.3 Å². The third-order valence-corrected chi connectivity index (χ3v) is 4.86. The van der Waals surface area contributed by atoms with E-state index in [-0.39, 0.29) is 11.5 Å². The molecule has 1 aromatic heterocycles. The maximum atomic E-state index is 11.9. The number of phenols is 1. The summed E-state index contributed by atoms with van der Waals surface area (Å²) in [6.45, 7) is 2.47. The first-order chi connectivity index (χ1) is 12.5. The predicted octanol–water partition coefficient (Wildman–Crippen LogP) is 1.93. The number of ether oxygens (including phenoxy) is 1. The van der Waals surface area contributed by atoms with Crippen LogP contribution in [0.15, 0.2) is 29.1 Å². The molecule has 0 saturated carbocycles. The second-order valence-electron chi connectivity index (χ2n) is 6.93. The summed E-state index contributed by atoms with van der Waals surface area (Å²) in [6, 6.07) is 6.92. The van der Waals surface area contributed by atoms with Gasteiger partial charge < -0.3 is 14.7 Å². The molecular weight excluding hydrogens is 332 g/mol. The molecule has 0 aliphatic carbocycles. The van der Waals surface area contributed by atoms with Crippen LogP contribution in [-0.4, -0.2) is 54.3 Å². The number of benzene rings is 1. The molecule has 0 atom stereocenters. The van der Waals surface area contributed by atoms with Crippen LogP contribution in [0.1, 0.15) is 30.0 Å². The van der Waals surface area contributed by atoms with Gasteiger partial charge in [-0.15, -0.1) is 0 Å². The Balaban J connectivity index is 1.66. The van der Waals surface area contributed by atoms with Crippen molar-refractivity contribution in [1.29, 1.82) is 0 Å². The molecule has 2 heterocycles. The van der Waals surface area contributed by atoms with Crippen molar-refractivity contribution >= 4 is 5.95 Å². The van der Waals surface area contributed by atoms with Gasteiger partial charge in [0.25, 0.3) is 5.56 Å². The van der Waals surface area contributed by atoms with Crippen LogP contribution in [0.5, 0.6) is 11.5 Å². The Morgan fingerprint density at radius 3 is 2.69 bits per heavy atom. The molecule has 7 nitrogen and oxygen atoms in total. The van der Waals surface area contributed by atoms with Crippen molar-refractivity contribution < 1.29 is 9.84 Å². The van der Waals surface area contributed by atoms with Gasteiger partial charge in [-0.1, -0.05) is 0 Å². The van der Waals surface area contributed by atoms with Crippen molar-refractivity contribution in [2.75, 3.05) is 39.2 Å². The van der Waals surface area contributed by atoms with Gasteiger partial charge in [-0.25, -0.2) is 4.98 Å². The van der Waals surface area contributed by atoms with E-state index in [1.54, 1.807) is 25.3 Å². The molecule has 0 radical (unpaired) electrons. The minimum atomic E-state index is -0.109. The highest BCUT2D eigenvalue weighted by molar-refractivity contribution is 5.39. The Morgan fingerprint density at radius 2 is 2.04 bits per heavy atom. The molecule has 1 aliphatic rings. The van der Waals surface area contributed by atoms with E-state index in [0.717, 1.165) is 42.9 Å². The monoisotopic (exact) mass is 358 g/mol. The summed E-state index contributed by atoms with van der Waals surface area (Å²) < 4.78 is 5.24. The Morgan fingerprint density at radius 1 is 1.31 bits per heavy atom. The number of nitrogens with one attached hydrogen (secondary N) is 1. The molecule has 26 heavy (non-hydrogen) atoms. The zero-order valence-corrected chi connectivity index (χ0v) is 15.5. The molecule has 0 amide bonds. The largest absolute Gasteiger partial charge is 0.508 e. The minimum Gasteiger partial charge on any atom is -0.508 e. The van der Waals surface area contributed by atoms with Crippen molar-refractivity contribution in [2.24, 2.45) is 0 Å². The van der Waals surface area contributed by atoms with E-state index in [9.17, 15) is 9.90 Å². The standard InChI is InChI=1S/C19H26N4O3/c1-22(2)19-20-16(11-18(25)21-19)13-6-8-23(9-7-13)12-14-10-15(26-3)4-5-17(14)24/h4-5,10-11,13,24H,6-9,12H2,1-3H3,(H,20,21,25). The van der Waals surface area contributed by atoms with Crippen LogP contribution in [0.3, 0.4) is 0 Å². The molecule has 1 aliphatic heterocycles. The maximum absolute atomic E-state index is 11.9. The lowest BCUT2D eigenvalue weighted by Crippen LogP contribution is -2.33. The van der Waals surface area contributed by atoms with E-state index in [2.05, 4.69) is 14.9 Å². The number of hydrogen-bond acceptors (Lipinski definition) is 6. The second-order valence-corrected chi connectivity index (χ2v) is 6.93.